The molecular weight excluding hydrogens is 358 g/mol. The average Bonchev–Trinajstić information content (AvgIpc) is 3.09. The summed E-state index contributed by atoms with van der Waals surface area (Å²) in [5.74, 6) is -6.64. The molecule has 0 aliphatic heterocycles. The van der Waals surface area contributed by atoms with Gasteiger partial charge in [-0.05, 0) is 29.7 Å². The monoisotopic (exact) mass is 371 g/mol. The smallest absolute Gasteiger partial charge is 0.336 e. The van der Waals surface area contributed by atoms with E-state index in [0.717, 1.165) is 0 Å². The van der Waals surface area contributed by atoms with Crippen molar-refractivity contribution in [3.63, 3.8) is 0 Å². The third-order valence-corrected chi connectivity index (χ3v) is 3.54. The van der Waals surface area contributed by atoms with Gasteiger partial charge in [0.2, 0.25) is 0 Å². The fourth-order valence-electron chi connectivity index (χ4n) is 2.30. The standard InChI is InChI=1S/C10H6O8.C8H7N/c11-7(12)3-1-4(8(13)14)6(10(17)18)2-5(3)9(15)16;1-2-4-8-7(3-1)5-6-9-8/h1-2H,(H,11,12)(H,13,14)(H,15,16)(H,17,18);1-6,9H. The number of carboxylic acids is 4. The first-order chi connectivity index (χ1) is 12.7. The number of hydrogen-bond acceptors (Lipinski definition) is 4. The van der Waals surface area contributed by atoms with Gasteiger partial charge in [-0.15, -0.1) is 0 Å². The van der Waals surface area contributed by atoms with Crippen molar-refractivity contribution in [3.05, 3.63) is 70.9 Å². The molecule has 27 heavy (non-hydrogen) atoms. The number of fused-ring (bicyclic) bond motifs is 1. The van der Waals surface area contributed by atoms with Crippen LogP contribution in [0.3, 0.4) is 0 Å². The molecule has 0 spiro atoms. The van der Waals surface area contributed by atoms with Crippen LogP contribution >= 0.6 is 0 Å². The number of H-pyrrole nitrogens is 1. The molecule has 2 aromatic carbocycles. The van der Waals surface area contributed by atoms with E-state index >= 15 is 0 Å². The molecule has 5 N–H and O–H groups in total. The molecule has 3 aromatic rings. The van der Waals surface area contributed by atoms with Gasteiger partial charge in [0.25, 0.3) is 0 Å². The summed E-state index contributed by atoms with van der Waals surface area (Å²) in [5, 5.41) is 36.3. The van der Waals surface area contributed by atoms with Gasteiger partial charge < -0.3 is 25.4 Å². The second-order valence-electron chi connectivity index (χ2n) is 5.23. The molecule has 9 nitrogen and oxygen atoms in total. The van der Waals surface area contributed by atoms with Crippen molar-refractivity contribution in [3.8, 4) is 0 Å². The highest BCUT2D eigenvalue weighted by Crippen LogP contribution is 2.18. The highest BCUT2D eigenvalue weighted by atomic mass is 16.4. The van der Waals surface area contributed by atoms with Crippen molar-refractivity contribution in [1.82, 2.24) is 4.98 Å². The Bertz CT molecular complexity index is 922. The number of nitrogens with one attached hydrogen (secondary N) is 1. The van der Waals surface area contributed by atoms with E-state index in [0.29, 0.717) is 12.1 Å². The fourth-order valence-corrected chi connectivity index (χ4v) is 2.30. The van der Waals surface area contributed by atoms with Crippen LogP contribution in [0.25, 0.3) is 10.9 Å². The Labute approximate surface area is 151 Å². The van der Waals surface area contributed by atoms with Crippen LogP contribution in [0.4, 0.5) is 0 Å². The second-order valence-corrected chi connectivity index (χ2v) is 5.23. The van der Waals surface area contributed by atoms with Crippen LogP contribution in [0.1, 0.15) is 41.4 Å². The Hall–Kier alpha value is -4.14. The predicted molar refractivity (Wildman–Crippen MR) is 92.6 cm³/mol. The molecule has 0 saturated carbocycles. The highest BCUT2D eigenvalue weighted by Gasteiger charge is 2.24. The first kappa shape index (κ1) is 19.2. The van der Waals surface area contributed by atoms with Crippen LogP contribution in [0, 0.1) is 0 Å². The van der Waals surface area contributed by atoms with E-state index in [1.165, 1.54) is 10.9 Å². The SMILES string of the molecule is O=C(O)c1cc(C(=O)O)c(C(=O)O)cc1C(=O)O.c1ccc2[nH]ccc2c1. The van der Waals surface area contributed by atoms with Crippen LogP contribution in [0.5, 0.6) is 0 Å². The molecule has 3 rings (SSSR count). The zero-order chi connectivity index (χ0) is 20.1. The van der Waals surface area contributed by atoms with Crippen LogP contribution in [-0.4, -0.2) is 49.3 Å². The number of hydrogen-bond donors (Lipinski definition) is 5. The Morgan fingerprint density at radius 2 is 1.04 bits per heavy atom. The summed E-state index contributed by atoms with van der Waals surface area (Å²) in [6.07, 6.45) is 1.95. The molecule has 0 fully saturated rings. The largest absolute Gasteiger partial charge is 0.478 e. The lowest BCUT2D eigenvalue weighted by Crippen LogP contribution is -2.15. The first-order valence-corrected chi connectivity index (χ1v) is 7.35. The summed E-state index contributed by atoms with van der Waals surface area (Å²) in [4.78, 5) is 46.2. The van der Waals surface area contributed by atoms with Gasteiger partial charge >= 0.3 is 23.9 Å². The number of rotatable bonds is 4. The van der Waals surface area contributed by atoms with E-state index in [1.54, 1.807) is 0 Å². The summed E-state index contributed by atoms with van der Waals surface area (Å²) in [6, 6.07) is 11.3. The lowest BCUT2D eigenvalue weighted by molar-refractivity contribution is 0.0637. The molecule has 9 heteroatoms. The van der Waals surface area contributed by atoms with Crippen molar-refractivity contribution in [2.45, 2.75) is 0 Å². The minimum atomic E-state index is -1.66. The number of carboxylic acid groups (broad SMARTS) is 4. The van der Waals surface area contributed by atoms with E-state index in [4.69, 9.17) is 20.4 Å². The quantitative estimate of drug-likeness (QED) is 0.467. The maximum Gasteiger partial charge on any atom is 0.336 e. The van der Waals surface area contributed by atoms with E-state index in [2.05, 4.69) is 23.2 Å². The van der Waals surface area contributed by atoms with Gasteiger partial charge in [-0.3, -0.25) is 0 Å². The van der Waals surface area contributed by atoms with Gasteiger partial charge in [-0.25, -0.2) is 19.2 Å². The van der Waals surface area contributed by atoms with Gasteiger partial charge in [-0.2, -0.15) is 0 Å². The molecule has 0 amide bonds. The van der Waals surface area contributed by atoms with Gasteiger partial charge in [-0.1, -0.05) is 18.2 Å². The number of aromatic carboxylic acids is 4. The lowest BCUT2D eigenvalue weighted by Gasteiger charge is -2.06. The zero-order valence-corrected chi connectivity index (χ0v) is 13.5. The van der Waals surface area contributed by atoms with Crippen molar-refractivity contribution in [2.24, 2.45) is 0 Å². The van der Waals surface area contributed by atoms with Crippen molar-refractivity contribution in [2.75, 3.05) is 0 Å². The van der Waals surface area contributed by atoms with Gasteiger partial charge in [0, 0.05) is 11.7 Å². The molecule has 0 saturated heterocycles. The van der Waals surface area contributed by atoms with Gasteiger partial charge in [0.1, 0.15) is 0 Å². The first-order valence-electron chi connectivity index (χ1n) is 7.35. The lowest BCUT2D eigenvalue weighted by atomic mass is 9.98. The van der Waals surface area contributed by atoms with Crippen molar-refractivity contribution < 1.29 is 39.6 Å². The van der Waals surface area contributed by atoms with E-state index in [9.17, 15) is 19.2 Å². The van der Waals surface area contributed by atoms with Crippen molar-refractivity contribution >= 4 is 34.8 Å². The number of aromatic nitrogens is 1. The van der Waals surface area contributed by atoms with Crippen molar-refractivity contribution in [1.29, 1.82) is 0 Å². The summed E-state index contributed by atoms with van der Waals surface area (Å²) in [6.45, 7) is 0. The Morgan fingerprint density at radius 3 is 1.41 bits per heavy atom. The molecular formula is C18H13NO8. The minimum absolute atomic E-state index is 0.511. The molecule has 0 radical (unpaired) electrons. The van der Waals surface area contributed by atoms with Crippen LogP contribution < -0.4 is 0 Å². The molecule has 0 atom stereocenters. The minimum Gasteiger partial charge on any atom is -0.478 e. The Balaban J connectivity index is 0.000000239. The fraction of sp³-hybridized carbons (Fsp3) is 0. The Morgan fingerprint density at radius 1 is 0.630 bits per heavy atom. The summed E-state index contributed by atoms with van der Waals surface area (Å²) in [5.41, 5.74) is -1.94. The maximum absolute atomic E-state index is 10.8. The van der Waals surface area contributed by atoms with Crippen LogP contribution in [0.15, 0.2) is 48.7 Å². The normalized spacial score (nSPS) is 9.93. The Kier molecular flexibility index (Phi) is 5.56. The molecule has 1 heterocycles. The maximum atomic E-state index is 10.8. The zero-order valence-electron chi connectivity index (χ0n) is 13.5. The molecule has 0 bridgehead atoms. The van der Waals surface area contributed by atoms with E-state index < -0.39 is 46.1 Å². The predicted octanol–water partition coefficient (Wildman–Crippen LogP) is 2.65. The van der Waals surface area contributed by atoms with E-state index in [-0.39, 0.29) is 0 Å². The molecule has 0 aliphatic carbocycles. The third kappa shape index (κ3) is 4.28. The molecule has 138 valence electrons. The summed E-state index contributed by atoms with van der Waals surface area (Å²) in [7, 11) is 0. The molecule has 1 aromatic heterocycles. The topological polar surface area (TPSA) is 165 Å². The highest BCUT2D eigenvalue weighted by molar-refractivity contribution is 6.09. The third-order valence-electron chi connectivity index (χ3n) is 3.54. The number of benzene rings is 2. The van der Waals surface area contributed by atoms with Crippen LogP contribution in [-0.2, 0) is 0 Å². The summed E-state index contributed by atoms with van der Waals surface area (Å²) >= 11 is 0. The van der Waals surface area contributed by atoms with Gasteiger partial charge in [0.05, 0.1) is 22.3 Å². The summed E-state index contributed by atoms with van der Waals surface area (Å²) < 4.78 is 0. The average molecular weight is 371 g/mol. The molecule has 0 unspecified atom stereocenters. The van der Waals surface area contributed by atoms with Gasteiger partial charge in [0.15, 0.2) is 0 Å². The van der Waals surface area contributed by atoms with Crippen LogP contribution in [0.2, 0.25) is 0 Å². The number of para-hydroxylation sites is 1. The van der Waals surface area contributed by atoms with E-state index in [1.807, 2.05) is 18.3 Å². The number of aromatic amines is 1. The second kappa shape index (κ2) is 7.83. The molecule has 0 aliphatic rings. The number of carbonyl (C=O) groups is 4.